The van der Waals surface area contributed by atoms with Crippen molar-refractivity contribution in [2.24, 2.45) is 5.41 Å². The first-order valence-corrected chi connectivity index (χ1v) is 12.4. The summed E-state index contributed by atoms with van der Waals surface area (Å²) >= 11 is 1.45. The number of carbonyl (C=O) groups excluding carboxylic acids is 1. The molecule has 0 amide bonds. The monoisotopic (exact) mass is 487 g/mol. The van der Waals surface area contributed by atoms with Crippen LogP contribution in [0.4, 0.5) is 11.6 Å². The number of hydrogen-bond donors (Lipinski definition) is 1. The summed E-state index contributed by atoms with van der Waals surface area (Å²) in [5.74, 6) is 1.32. The molecule has 3 aromatic rings. The van der Waals surface area contributed by atoms with Crippen LogP contribution in [-0.2, 0) is 10.5 Å². The van der Waals surface area contributed by atoms with E-state index in [0.717, 1.165) is 28.8 Å². The lowest BCUT2D eigenvalue weighted by Crippen LogP contribution is -2.35. The van der Waals surface area contributed by atoms with Gasteiger partial charge in [0.1, 0.15) is 6.04 Å². The largest absolute Gasteiger partial charge is 0.328 e. The van der Waals surface area contributed by atoms with Crippen LogP contribution in [0.2, 0.25) is 0 Å². The third-order valence-corrected chi connectivity index (χ3v) is 7.05. The van der Waals surface area contributed by atoms with E-state index >= 15 is 0 Å². The molecule has 2 heterocycles. The molecule has 1 N–H and O–H groups in total. The summed E-state index contributed by atoms with van der Waals surface area (Å²) in [6.07, 6.45) is 5.30. The lowest BCUT2D eigenvalue weighted by Gasteiger charge is -2.37. The first kappa shape index (κ1) is 23.0. The summed E-state index contributed by atoms with van der Waals surface area (Å²) in [4.78, 5) is 28.4. The lowest BCUT2D eigenvalue weighted by molar-refractivity contribution is -0.384. The normalized spacial score (nSPS) is 18.8. The number of aromatic nitrogens is 3. The minimum Gasteiger partial charge on any atom is -0.328 e. The topological polar surface area (TPSA) is 103 Å². The highest BCUT2D eigenvalue weighted by Crippen LogP contribution is 2.44. The van der Waals surface area contributed by atoms with E-state index < -0.39 is 4.92 Å². The maximum Gasteiger partial charge on any atom is 0.269 e. The van der Waals surface area contributed by atoms with Crippen molar-refractivity contribution < 1.29 is 9.72 Å². The van der Waals surface area contributed by atoms with Crippen molar-refractivity contribution in [1.29, 1.82) is 0 Å². The second-order valence-corrected chi connectivity index (χ2v) is 10.5. The molecule has 1 aliphatic carbocycles. The van der Waals surface area contributed by atoms with Crippen LogP contribution in [-0.4, -0.2) is 25.5 Å². The molecule has 35 heavy (non-hydrogen) atoms. The third-order valence-electron chi connectivity index (χ3n) is 6.14. The van der Waals surface area contributed by atoms with E-state index in [4.69, 9.17) is 10.1 Å². The Hall–Kier alpha value is -3.72. The van der Waals surface area contributed by atoms with Crippen molar-refractivity contribution in [2.45, 2.75) is 43.6 Å². The molecule has 1 atom stereocenters. The van der Waals surface area contributed by atoms with Gasteiger partial charge in [0.05, 0.1) is 4.92 Å². The molecule has 0 saturated carbocycles. The molecule has 0 radical (unpaired) electrons. The fourth-order valence-corrected chi connectivity index (χ4v) is 5.28. The van der Waals surface area contributed by atoms with Gasteiger partial charge in [-0.25, -0.2) is 4.68 Å². The number of fused-ring (bicyclic) bond motifs is 1. The summed E-state index contributed by atoms with van der Waals surface area (Å²) < 4.78 is 1.78. The number of carbonyl (C=O) groups is 1. The van der Waals surface area contributed by atoms with Crippen molar-refractivity contribution >= 4 is 35.3 Å². The highest BCUT2D eigenvalue weighted by atomic mass is 32.2. The Bertz CT molecular complexity index is 1340. The number of nitrogens with one attached hydrogen (secondary N) is 1. The molecule has 178 valence electrons. The van der Waals surface area contributed by atoms with Gasteiger partial charge in [-0.05, 0) is 23.0 Å². The first-order chi connectivity index (χ1) is 16.8. The van der Waals surface area contributed by atoms with Gasteiger partial charge in [-0.1, -0.05) is 80.2 Å². The van der Waals surface area contributed by atoms with E-state index in [1.807, 2.05) is 42.5 Å². The molecule has 0 saturated heterocycles. The Morgan fingerprint density at radius 3 is 2.63 bits per heavy atom. The Balaban J connectivity index is 1.43. The number of anilines is 1. The fourth-order valence-electron chi connectivity index (χ4n) is 4.50. The number of thioether (sulfide) groups is 1. The van der Waals surface area contributed by atoms with Crippen molar-refractivity contribution in [3.05, 3.63) is 93.2 Å². The smallest absolute Gasteiger partial charge is 0.269 e. The molecule has 2 aromatic carbocycles. The number of rotatable bonds is 6. The molecule has 0 bridgehead atoms. The number of nitrogens with zero attached hydrogens (tertiary/aromatic N) is 4. The van der Waals surface area contributed by atoms with Crippen molar-refractivity contribution in [2.75, 3.05) is 5.32 Å². The molecule has 0 fully saturated rings. The van der Waals surface area contributed by atoms with Crippen molar-refractivity contribution in [1.82, 2.24) is 14.8 Å². The minimum atomic E-state index is -0.409. The molecular weight excluding hydrogens is 462 g/mol. The van der Waals surface area contributed by atoms with Crippen LogP contribution in [0.3, 0.4) is 0 Å². The van der Waals surface area contributed by atoms with E-state index in [1.165, 1.54) is 23.9 Å². The van der Waals surface area contributed by atoms with E-state index in [1.54, 1.807) is 16.8 Å². The van der Waals surface area contributed by atoms with Gasteiger partial charge in [0.15, 0.2) is 5.78 Å². The van der Waals surface area contributed by atoms with Gasteiger partial charge < -0.3 is 5.32 Å². The number of allylic oxidation sites excluding steroid dienone is 3. The SMILES string of the molecule is CC1(C)CC(=O)C2=C(C1)Nc1nc(SCc3ccc([N+](=O)[O-])cc3)nn1C2/C=C/c1ccccc1. The van der Waals surface area contributed by atoms with Gasteiger partial charge in [-0.3, -0.25) is 14.9 Å². The van der Waals surface area contributed by atoms with Crippen LogP contribution in [0.15, 0.2) is 77.1 Å². The average Bonchev–Trinajstić information content (AvgIpc) is 3.23. The van der Waals surface area contributed by atoms with Crippen LogP contribution in [0.25, 0.3) is 6.08 Å². The van der Waals surface area contributed by atoms with E-state index in [-0.39, 0.29) is 22.9 Å². The fraction of sp³-hybridized carbons (Fsp3) is 0.269. The van der Waals surface area contributed by atoms with Crippen molar-refractivity contribution in [3.8, 4) is 0 Å². The van der Waals surface area contributed by atoms with E-state index in [0.29, 0.717) is 23.3 Å². The van der Waals surface area contributed by atoms with Gasteiger partial charge in [-0.15, -0.1) is 5.10 Å². The highest BCUT2D eigenvalue weighted by molar-refractivity contribution is 7.98. The molecule has 2 aliphatic rings. The van der Waals surface area contributed by atoms with E-state index in [9.17, 15) is 14.9 Å². The zero-order valence-electron chi connectivity index (χ0n) is 19.5. The standard InChI is InChI=1S/C26H25N5O3S/c1-26(2)14-20-23(22(32)15-26)21(13-10-17-6-4-3-5-7-17)30-24(27-20)28-25(29-30)35-16-18-8-11-19(12-9-18)31(33)34/h3-13,21H,14-16H2,1-2H3,(H,27,28,29)/b13-10+. The molecule has 8 nitrogen and oxygen atoms in total. The zero-order chi connectivity index (χ0) is 24.6. The molecule has 5 rings (SSSR count). The predicted molar refractivity (Wildman–Crippen MR) is 136 cm³/mol. The molecule has 1 unspecified atom stereocenters. The first-order valence-electron chi connectivity index (χ1n) is 11.4. The quantitative estimate of drug-likeness (QED) is 0.266. The van der Waals surface area contributed by atoms with Crippen LogP contribution in [0, 0.1) is 15.5 Å². The lowest BCUT2D eigenvalue weighted by atomic mass is 9.74. The Kier molecular flexibility index (Phi) is 6.02. The molecule has 1 aromatic heterocycles. The number of Topliss-reactive ketones (excluding diaryl/α,β-unsaturated/α-hetero) is 1. The third kappa shape index (κ3) is 4.90. The summed E-state index contributed by atoms with van der Waals surface area (Å²) in [5.41, 5.74) is 3.60. The molecular formula is C26H25N5O3S. The summed E-state index contributed by atoms with van der Waals surface area (Å²) in [6.45, 7) is 4.21. The summed E-state index contributed by atoms with van der Waals surface area (Å²) in [5, 5.41) is 19.6. The van der Waals surface area contributed by atoms with Crippen LogP contribution < -0.4 is 5.32 Å². The van der Waals surface area contributed by atoms with Crippen LogP contribution in [0.1, 0.15) is 43.9 Å². The number of nitro groups is 1. The van der Waals surface area contributed by atoms with Gasteiger partial charge in [0.25, 0.3) is 5.69 Å². The van der Waals surface area contributed by atoms with E-state index in [2.05, 4.69) is 19.2 Å². The minimum absolute atomic E-state index is 0.0656. The Labute approximate surface area is 207 Å². The second-order valence-electron chi connectivity index (χ2n) is 9.55. The number of hydrogen-bond acceptors (Lipinski definition) is 7. The van der Waals surface area contributed by atoms with Gasteiger partial charge in [0.2, 0.25) is 11.1 Å². The molecule has 1 aliphatic heterocycles. The molecule has 9 heteroatoms. The summed E-state index contributed by atoms with van der Waals surface area (Å²) in [7, 11) is 0. The number of nitro benzene ring substituents is 1. The number of ketones is 1. The van der Waals surface area contributed by atoms with Crippen molar-refractivity contribution in [3.63, 3.8) is 0 Å². The van der Waals surface area contributed by atoms with Gasteiger partial charge >= 0.3 is 0 Å². The highest BCUT2D eigenvalue weighted by Gasteiger charge is 2.40. The predicted octanol–water partition coefficient (Wildman–Crippen LogP) is 5.80. The number of benzene rings is 2. The zero-order valence-corrected chi connectivity index (χ0v) is 20.3. The number of non-ortho nitro benzene ring substituents is 1. The van der Waals surface area contributed by atoms with Gasteiger partial charge in [0, 0.05) is 35.6 Å². The van der Waals surface area contributed by atoms with Crippen LogP contribution in [0.5, 0.6) is 0 Å². The molecule has 0 spiro atoms. The maximum absolute atomic E-state index is 13.2. The Morgan fingerprint density at radius 1 is 1.17 bits per heavy atom. The second kappa shape index (κ2) is 9.14. The van der Waals surface area contributed by atoms with Crippen LogP contribution >= 0.6 is 11.8 Å². The average molecular weight is 488 g/mol. The maximum atomic E-state index is 13.2. The van der Waals surface area contributed by atoms with Gasteiger partial charge in [-0.2, -0.15) is 4.98 Å². The Morgan fingerprint density at radius 2 is 1.91 bits per heavy atom. The summed E-state index contributed by atoms with van der Waals surface area (Å²) in [6, 6.07) is 16.1.